The van der Waals surface area contributed by atoms with Crippen molar-refractivity contribution < 1.29 is 23.6 Å². The van der Waals surface area contributed by atoms with Crippen LogP contribution in [0.5, 0.6) is 0 Å². The summed E-state index contributed by atoms with van der Waals surface area (Å²) in [6.07, 6.45) is 0. The Bertz CT molecular complexity index is 853. The number of nitrogens with zero attached hydrogens (tertiary/aromatic N) is 2. The fraction of sp³-hybridized carbons (Fsp3) is 0.222. The predicted molar refractivity (Wildman–Crippen MR) is 91.0 cm³/mol. The summed E-state index contributed by atoms with van der Waals surface area (Å²) in [4.78, 5) is 35.5. The van der Waals surface area contributed by atoms with Gasteiger partial charge in [-0.25, -0.2) is 9.18 Å². The van der Waals surface area contributed by atoms with Gasteiger partial charge in [0.25, 0.3) is 11.6 Å². The van der Waals surface area contributed by atoms with Crippen molar-refractivity contribution in [1.82, 2.24) is 4.90 Å². The second kappa shape index (κ2) is 8.19. The van der Waals surface area contributed by atoms with Crippen LogP contribution in [0, 0.1) is 22.9 Å². The van der Waals surface area contributed by atoms with E-state index in [1.54, 1.807) is 18.2 Å². The van der Waals surface area contributed by atoms with Crippen LogP contribution in [-0.2, 0) is 16.1 Å². The minimum atomic E-state index is -0.768. The van der Waals surface area contributed by atoms with Crippen LogP contribution < -0.4 is 0 Å². The fourth-order valence-corrected chi connectivity index (χ4v) is 2.28. The van der Waals surface area contributed by atoms with Gasteiger partial charge in [-0.05, 0) is 25.1 Å². The zero-order chi connectivity index (χ0) is 19.3. The van der Waals surface area contributed by atoms with Crippen LogP contribution in [0.2, 0.25) is 0 Å². The maximum absolute atomic E-state index is 13.6. The zero-order valence-corrected chi connectivity index (χ0v) is 14.3. The zero-order valence-electron chi connectivity index (χ0n) is 14.3. The van der Waals surface area contributed by atoms with Crippen LogP contribution in [0.3, 0.4) is 0 Å². The number of esters is 1. The number of hydrogen-bond acceptors (Lipinski definition) is 5. The molecule has 2 aromatic rings. The molecule has 136 valence electrons. The van der Waals surface area contributed by atoms with E-state index in [0.29, 0.717) is 11.1 Å². The molecule has 0 bridgehead atoms. The first kappa shape index (κ1) is 19.0. The van der Waals surface area contributed by atoms with Crippen LogP contribution in [0.4, 0.5) is 10.1 Å². The Morgan fingerprint density at radius 2 is 1.92 bits per heavy atom. The lowest BCUT2D eigenvalue weighted by Crippen LogP contribution is -2.31. The molecule has 0 aliphatic carbocycles. The number of amides is 1. The molecule has 1 amide bonds. The van der Waals surface area contributed by atoms with E-state index in [0.717, 1.165) is 0 Å². The van der Waals surface area contributed by atoms with Crippen molar-refractivity contribution in [1.29, 1.82) is 0 Å². The van der Waals surface area contributed by atoms with Gasteiger partial charge in [-0.1, -0.05) is 18.2 Å². The molecule has 0 fully saturated rings. The Labute approximate surface area is 149 Å². The highest BCUT2D eigenvalue weighted by atomic mass is 19.1. The molecule has 0 aromatic heterocycles. The van der Waals surface area contributed by atoms with Crippen molar-refractivity contribution >= 4 is 17.6 Å². The van der Waals surface area contributed by atoms with E-state index in [4.69, 9.17) is 4.74 Å². The lowest BCUT2D eigenvalue weighted by atomic mass is 10.1. The first-order chi connectivity index (χ1) is 12.3. The van der Waals surface area contributed by atoms with Gasteiger partial charge in [-0.2, -0.15) is 0 Å². The van der Waals surface area contributed by atoms with Crippen LogP contribution in [0.25, 0.3) is 0 Å². The van der Waals surface area contributed by atoms with Gasteiger partial charge >= 0.3 is 5.97 Å². The van der Waals surface area contributed by atoms with E-state index >= 15 is 0 Å². The third-order valence-electron chi connectivity index (χ3n) is 3.75. The SMILES string of the molecule is Cc1cc(C(=O)OCC(=O)N(C)Cc2ccccc2F)ccc1[N+](=O)[O-]. The first-order valence-electron chi connectivity index (χ1n) is 7.69. The van der Waals surface area contributed by atoms with Crippen molar-refractivity contribution in [3.05, 3.63) is 75.1 Å². The van der Waals surface area contributed by atoms with E-state index in [1.807, 2.05) is 0 Å². The third-order valence-corrected chi connectivity index (χ3v) is 3.75. The number of benzene rings is 2. The van der Waals surface area contributed by atoms with E-state index < -0.39 is 29.2 Å². The second-order valence-electron chi connectivity index (χ2n) is 5.68. The van der Waals surface area contributed by atoms with Gasteiger partial charge in [-0.15, -0.1) is 0 Å². The molecule has 2 aromatic carbocycles. The number of likely N-dealkylation sites (N-methyl/N-ethyl adjacent to an activating group) is 1. The standard InChI is InChI=1S/C18H17FN2O5/c1-12-9-13(7-8-16(12)21(24)25)18(23)26-11-17(22)20(2)10-14-5-3-4-6-15(14)19/h3-9H,10-11H2,1-2H3. The molecule has 26 heavy (non-hydrogen) atoms. The number of carbonyl (C=O) groups excluding carboxylic acids is 2. The summed E-state index contributed by atoms with van der Waals surface area (Å²) in [6, 6.07) is 9.87. The van der Waals surface area contributed by atoms with E-state index in [9.17, 15) is 24.1 Å². The highest BCUT2D eigenvalue weighted by Gasteiger charge is 2.17. The highest BCUT2D eigenvalue weighted by molar-refractivity contribution is 5.91. The summed E-state index contributed by atoms with van der Waals surface area (Å²) in [5.41, 5.74) is 0.660. The Kier molecular flexibility index (Phi) is 6.00. The van der Waals surface area contributed by atoms with Crippen LogP contribution in [-0.4, -0.2) is 35.4 Å². The summed E-state index contributed by atoms with van der Waals surface area (Å²) in [6.45, 7) is 1.03. The molecule has 0 unspecified atom stereocenters. The highest BCUT2D eigenvalue weighted by Crippen LogP contribution is 2.19. The topological polar surface area (TPSA) is 89.8 Å². The summed E-state index contributed by atoms with van der Waals surface area (Å²) < 4.78 is 18.5. The van der Waals surface area contributed by atoms with Crippen molar-refractivity contribution in [2.45, 2.75) is 13.5 Å². The molecule has 0 radical (unpaired) electrons. The Morgan fingerprint density at radius 3 is 2.54 bits per heavy atom. The maximum atomic E-state index is 13.6. The molecule has 0 aliphatic heterocycles. The molecule has 0 spiro atoms. The normalized spacial score (nSPS) is 10.3. The molecule has 7 nitrogen and oxygen atoms in total. The van der Waals surface area contributed by atoms with Crippen LogP contribution in [0.1, 0.15) is 21.5 Å². The molecular formula is C18H17FN2O5. The van der Waals surface area contributed by atoms with Gasteiger partial charge in [0.1, 0.15) is 5.82 Å². The smallest absolute Gasteiger partial charge is 0.338 e. The third kappa shape index (κ3) is 4.62. The average molecular weight is 360 g/mol. The number of halogens is 1. The van der Waals surface area contributed by atoms with Gasteiger partial charge in [-0.3, -0.25) is 14.9 Å². The molecule has 0 saturated heterocycles. The summed E-state index contributed by atoms with van der Waals surface area (Å²) in [7, 11) is 1.47. The van der Waals surface area contributed by atoms with Gasteiger partial charge in [0, 0.05) is 30.8 Å². The molecule has 0 aliphatic rings. The van der Waals surface area contributed by atoms with Crippen molar-refractivity contribution in [3.8, 4) is 0 Å². The lowest BCUT2D eigenvalue weighted by Gasteiger charge is -2.17. The lowest BCUT2D eigenvalue weighted by molar-refractivity contribution is -0.385. The fourth-order valence-electron chi connectivity index (χ4n) is 2.28. The number of nitro groups is 1. The van der Waals surface area contributed by atoms with Gasteiger partial charge < -0.3 is 9.64 Å². The maximum Gasteiger partial charge on any atom is 0.338 e. The summed E-state index contributed by atoms with van der Waals surface area (Å²) in [5.74, 6) is -1.69. The van der Waals surface area contributed by atoms with Gasteiger partial charge in [0.05, 0.1) is 10.5 Å². The van der Waals surface area contributed by atoms with Gasteiger partial charge in [0.15, 0.2) is 6.61 Å². The van der Waals surface area contributed by atoms with E-state index in [2.05, 4.69) is 0 Å². The van der Waals surface area contributed by atoms with Crippen molar-refractivity contribution in [2.75, 3.05) is 13.7 Å². The summed E-state index contributed by atoms with van der Waals surface area (Å²) in [5, 5.41) is 10.8. The van der Waals surface area contributed by atoms with Crippen molar-refractivity contribution in [2.24, 2.45) is 0 Å². The van der Waals surface area contributed by atoms with Crippen molar-refractivity contribution in [3.63, 3.8) is 0 Å². The van der Waals surface area contributed by atoms with Crippen LogP contribution >= 0.6 is 0 Å². The molecule has 0 N–H and O–H groups in total. The second-order valence-corrected chi connectivity index (χ2v) is 5.68. The molecular weight excluding hydrogens is 343 g/mol. The Balaban J connectivity index is 1.94. The Hall–Kier alpha value is -3.29. The number of hydrogen-bond donors (Lipinski definition) is 0. The summed E-state index contributed by atoms with van der Waals surface area (Å²) >= 11 is 0. The molecule has 8 heteroatoms. The van der Waals surface area contributed by atoms with E-state index in [1.165, 1.54) is 43.1 Å². The number of ether oxygens (including phenoxy) is 1. The average Bonchev–Trinajstić information content (AvgIpc) is 2.60. The first-order valence-corrected chi connectivity index (χ1v) is 7.69. The molecule has 0 saturated carbocycles. The minimum absolute atomic E-state index is 0.0414. The van der Waals surface area contributed by atoms with Gasteiger partial charge in [0.2, 0.25) is 0 Å². The number of rotatable bonds is 6. The minimum Gasteiger partial charge on any atom is -0.452 e. The largest absolute Gasteiger partial charge is 0.452 e. The molecule has 2 rings (SSSR count). The van der Waals surface area contributed by atoms with E-state index in [-0.39, 0.29) is 17.8 Å². The quantitative estimate of drug-likeness (QED) is 0.449. The molecule has 0 heterocycles. The number of carbonyl (C=O) groups is 2. The number of aryl methyl sites for hydroxylation is 1. The predicted octanol–water partition coefficient (Wildman–Crippen LogP) is 2.86. The van der Waals surface area contributed by atoms with Crippen LogP contribution in [0.15, 0.2) is 42.5 Å². The molecule has 0 atom stereocenters. The Morgan fingerprint density at radius 1 is 1.23 bits per heavy atom. The number of nitro benzene ring substituents is 1. The monoisotopic (exact) mass is 360 g/mol.